The number of H-pyrrole nitrogens is 1. The molecule has 0 amide bonds. The van der Waals surface area contributed by atoms with Gasteiger partial charge in [0.2, 0.25) is 0 Å². The molecule has 0 radical (unpaired) electrons. The lowest BCUT2D eigenvalue weighted by Gasteiger charge is -2.00. The van der Waals surface area contributed by atoms with Crippen LogP contribution in [0.25, 0.3) is 11.0 Å². The number of fused-ring (bicyclic) bond motifs is 1. The van der Waals surface area contributed by atoms with E-state index >= 15 is 0 Å². The third-order valence-corrected chi connectivity index (χ3v) is 4.41. The number of hydrogen-bond donors (Lipinski definition) is 3. The first kappa shape index (κ1) is 20.7. The molecule has 0 saturated heterocycles. The summed E-state index contributed by atoms with van der Waals surface area (Å²) >= 11 is 0. The number of nitrogens with zero attached hydrogens (tertiary/aromatic N) is 3. The minimum absolute atomic E-state index is 0.0764. The van der Waals surface area contributed by atoms with E-state index < -0.39 is 0 Å². The van der Waals surface area contributed by atoms with Gasteiger partial charge in [-0.3, -0.25) is 0 Å². The minimum Gasteiger partial charge on any atom is -0.504 e. The average molecular weight is 370 g/mol. The largest absolute Gasteiger partial charge is 0.504 e. The van der Waals surface area contributed by atoms with Gasteiger partial charge in [0.15, 0.2) is 11.5 Å². The number of rotatable bonds is 8. The first-order chi connectivity index (χ1) is 13.2. The molecule has 0 aliphatic rings. The van der Waals surface area contributed by atoms with Crippen LogP contribution in [0.15, 0.2) is 30.3 Å². The summed E-state index contributed by atoms with van der Waals surface area (Å²) in [4.78, 5) is 3.48. The van der Waals surface area contributed by atoms with Crippen molar-refractivity contribution < 1.29 is 10.2 Å². The number of aromatic nitrogens is 4. The zero-order valence-corrected chi connectivity index (χ0v) is 16.3. The predicted octanol–water partition coefficient (Wildman–Crippen LogP) is 4.92. The van der Waals surface area contributed by atoms with Gasteiger partial charge in [-0.15, -0.1) is 10.2 Å². The summed E-state index contributed by atoms with van der Waals surface area (Å²) in [6.45, 7) is 4.45. The molecule has 2 heterocycles. The molecule has 6 nitrogen and oxygen atoms in total. The molecule has 2 aromatic heterocycles. The van der Waals surface area contributed by atoms with Crippen LogP contribution in [0.2, 0.25) is 0 Å². The van der Waals surface area contributed by atoms with Gasteiger partial charge in [-0.25, -0.2) is 0 Å². The van der Waals surface area contributed by atoms with Crippen LogP contribution >= 0.6 is 0 Å². The van der Waals surface area contributed by atoms with E-state index in [1.807, 2.05) is 0 Å². The van der Waals surface area contributed by atoms with Crippen LogP contribution in [0.4, 0.5) is 0 Å². The molecule has 3 N–H and O–H groups in total. The van der Waals surface area contributed by atoms with Crippen LogP contribution in [0.5, 0.6) is 11.5 Å². The number of nitrogens with one attached hydrogen (secondary N) is 1. The Bertz CT molecular complexity index is 796. The molecule has 0 spiro atoms. The molecule has 27 heavy (non-hydrogen) atoms. The first-order valence-corrected chi connectivity index (χ1v) is 9.82. The van der Waals surface area contributed by atoms with E-state index in [2.05, 4.69) is 40.3 Å². The molecule has 0 aliphatic heterocycles. The smallest absolute Gasteiger partial charge is 0.157 e. The number of para-hydroxylation sites is 2. The van der Waals surface area contributed by atoms with Gasteiger partial charge in [-0.2, -0.15) is 0 Å². The quantitative estimate of drug-likeness (QED) is 0.386. The lowest BCUT2D eigenvalue weighted by Crippen LogP contribution is -1.97. The molecule has 6 heteroatoms. The highest BCUT2D eigenvalue weighted by molar-refractivity contribution is 5.77. The second kappa shape index (κ2) is 11.2. The average Bonchev–Trinajstić information content (AvgIpc) is 3.09. The molecule has 0 atom stereocenters. The monoisotopic (exact) mass is 370 g/mol. The molecule has 146 valence electrons. The van der Waals surface area contributed by atoms with Crippen LogP contribution in [0.1, 0.15) is 63.8 Å². The van der Waals surface area contributed by atoms with Crippen molar-refractivity contribution in [1.29, 1.82) is 0 Å². The van der Waals surface area contributed by atoms with E-state index in [-0.39, 0.29) is 11.5 Å². The summed E-state index contributed by atoms with van der Waals surface area (Å²) in [5.74, 6) is -0.153. The van der Waals surface area contributed by atoms with Crippen LogP contribution in [-0.2, 0) is 12.8 Å². The maximum Gasteiger partial charge on any atom is 0.157 e. The third kappa shape index (κ3) is 6.55. The van der Waals surface area contributed by atoms with Crippen molar-refractivity contribution in [3.8, 4) is 11.5 Å². The molecule has 0 bridgehead atoms. The summed E-state index contributed by atoms with van der Waals surface area (Å²) in [6, 6.07) is 8.28. The molecule has 3 rings (SSSR count). The van der Waals surface area contributed by atoms with E-state index in [9.17, 15) is 0 Å². The van der Waals surface area contributed by atoms with Crippen LogP contribution in [-0.4, -0.2) is 30.6 Å². The fourth-order valence-corrected chi connectivity index (χ4v) is 2.85. The predicted molar refractivity (Wildman–Crippen MR) is 108 cm³/mol. The minimum atomic E-state index is -0.0764. The zero-order valence-electron chi connectivity index (χ0n) is 16.3. The number of benzene rings is 1. The summed E-state index contributed by atoms with van der Waals surface area (Å²) in [5.41, 5.74) is 4.40. The number of aromatic amines is 1. The summed E-state index contributed by atoms with van der Waals surface area (Å²) in [6.07, 6.45) is 9.51. The van der Waals surface area contributed by atoms with Crippen molar-refractivity contribution >= 4 is 11.0 Å². The Balaban J connectivity index is 0.000000273. The molecule has 0 unspecified atom stereocenters. The molecule has 1 aromatic carbocycles. The summed E-state index contributed by atoms with van der Waals surface area (Å²) in [7, 11) is 0. The van der Waals surface area contributed by atoms with E-state index in [4.69, 9.17) is 10.2 Å². The van der Waals surface area contributed by atoms with Crippen LogP contribution in [0, 0.1) is 0 Å². The Hall–Kier alpha value is -2.63. The number of unbranched alkanes of at least 4 members (excludes halogenated alkanes) is 4. The summed E-state index contributed by atoms with van der Waals surface area (Å²) < 4.78 is 0. The lowest BCUT2D eigenvalue weighted by atomic mass is 10.1. The number of aryl methyl sites for hydroxylation is 2. The number of hydrogen-bond acceptors (Lipinski definition) is 5. The van der Waals surface area contributed by atoms with Gasteiger partial charge in [0.05, 0.1) is 11.2 Å². The molecule has 0 fully saturated rings. The second-order valence-corrected chi connectivity index (χ2v) is 6.69. The molecule has 0 saturated carbocycles. The standard InChI is InChI=1S/C15H24N4.C6H6O2/c1-3-5-7-9-12-11-14-15(16-12)13(17-19-18-14)10-8-6-4-2;7-5-3-1-2-4-6(5)8/h11,16H,3-10H2,1-2H3;1-4,7-8H. The normalized spacial score (nSPS) is 10.6. The Morgan fingerprint density at radius 2 is 1.48 bits per heavy atom. The van der Waals surface area contributed by atoms with Gasteiger partial charge in [-0.1, -0.05) is 51.7 Å². The fourth-order valence-electron chi connectivity index (χ4n) is 2.85. The highest BCUT2D eigenvalue weighted by Gasteiger charge is 2.08. The van der Waals surface area contributed by atoms with Gasteiger partial charge < -0.3 is 15.2 Å². The van der Waals surface area contributed by atoms with Crippen LogP contribution in [0.3, 0.4) is 0 Å². The molecule has 3 aromatic rings. The van der Waals surface area contributed by atoms with E-state index in [0.717, 1.165) is 29.6 Å². The summed E-state index contributed by atoms with van der Waals surface area (Å²) in [5, 5.41) is 29.5. The maximum atomic E-state index is 8.67. The van der Waals surface area contributed by atoms with Crippen molar-refractivity contribution in [2.45, 2.75) is 65.2 Å². The highest BCUT2D eigenvalue weighted by atomic mass is 16.3. The molecular formula is C21H30N4O2. The Morgan fingerprint density at radius 1 is 0.852 bits per heavy atom. The molecule has 0 aliphatic carbocycles. The van der Waals surface area contributed by atoms with E-state index in [1.165, 1.54) is 56.4 Å². The Kier molecular flexibility index (Phi) is 8.55. The maximum absolute atomic E-state index is 8.67. The third-order valence-electron chi connectivity index (χ3n) is 4.41. The van der Waals surface area contributed by atoms with Gasteiger partial charge in [0.1, 0.15) is 5.52 Å². The number of phenolic OH excluding ortho intramolecular Hbond substituents is 2. The molecular weight excluding hydrogens is 340 g/mol. The van der Waals surface area contributed by atoms with Crippen molar-refractivity contribution in [1.82, 2.24) is 20.4 Å². The first-order valence-electron chi connectivity index (χ1n) is 9.82. The topological polar surface area (TPSA) is 94.9 Å². The van der Waals surface area contributed by atoms with Crippen molar-refractivity contribution in [2.75, 3.05) is 0 Å². The SMILES string of the molecule is CCCCCc1cc2nnnc(CCCCC)c2[nH]1.Oc1ccccc1O. The second-order valence-electron chi connectivity index (χ2n) is 6.69. The van der Waals surface area contributed by atoms with Crippen molar-refractivity contribution in [3.63, 3.8) is 0 Å². The van der Waals surface area contributed by atoms with Gasteiger partial charge in [-0.05, 0) is 49.1 Å². The van der Waals surface area contributed by atoms with Crippen LogP contribution < -0.4 is 0 Å². The van der Waals surface area contributed by atoms with E-state index in [0.29, 0.717) is 0 Å². The van der Waals surface area contributed by atoms with E-state index in [1.54, 1.807) is 12.1 Å². The van der Waals surface area contributed by atoms with Crippen molar-refractivity contribution in [3.05, 3.63) is 41.7 Å². The fraction of sp³-hybridized carbons (Fsp3) is 0.476. The van der Waals surface area contributed by atoms with Crippen molar-refractivity contribution in [2.24, 2.45) is 0 Å². The number of aromatic hydroxyl groups is 2. The Morgan fingerprint density at radius 3 is 2.07 bits per heavy atom. The Labute approximate surface area is 160 Å². The number of phenols is 2. The zero-order chi connectivity index (χ0) is 19.5. The lowest BCUT2D eigenvalue weighted by molar-refractivity contribution is 0.404. The van der Waals surface area contributed by atoms with Gasteiger partial charge in [0.25, 0.3) is 0 Å². The highest BCUT2D eigenvalue weighted by Crippen LogP contribution is 2.21. The van der Waals surface area contributed by atoms with Gasteiger partial charge >= 0.3 is 0 Å². The van der Waals surface area contributed by atoms with Gasteiger partial charge in [0, 0.05) is 5.69 Å².